The highest BCUT2D eigenvalue weighted by molar-refractivity contribution is 6.44. The van der Waals surface area contributed by atoms with E-state index in [4.69, 9.17) is 28.9 Å². The van der Waals surface area contributed by atoms with Gasteiger partial charge in [-0.05, 0) is 45.5 Å². The number of piperidine rings is 1. The Kier molecular flexibility index (Phi) is 6.82. The molecule has 0 spiro atoms. The third kappa shape index (κ3) is 4.91. The van der Waals surface area contributed by atoms with Gasteiger partial charge in [0.05, 0.1) is 34.2 Å². The highest BCUT2D eigenvalue weighted by atomic mass is 35.5. The van der Waals surface area contributed by atoms with E-state index in [2.05, 4.69) is 27.2 Å². The lowest BCUT2D eigenvalue weighted by Crippen LogP contribution is -2.48. The number of hydrogen-bond donors (Lipinski definition) is 2. The van der Waals surface area contributed by atoms with Crippen LogP contribution in [0.25, 0.3) is 11.3 Å². The molecule has 9 heteroatoms. The molecule has 1 aromatic heterocycles. The zero-order valence-corrected chi connectivity index (χ0v) is 18.3. The second-order valence-electron chi connectivity index (χ2n) is 7.48. The number of nitrogen functional groups attached to an aromatic ring is 1. The first-order chi connectivity index (χ1) is 13.8. The van der Waals surface area contributed by atoms with Gasteiger partial charge >= 0.3 is 6.03 Å². The zero-order valence-electron chi connectivity index (χ0n) is 16.8. The molecule has 1 aliphatic heterocycles. The molecule has 3 N–H and O–H groups in total. The third-order valence-corrected chi connectivity index (χ3v) is 6.30. The number of carbonyl (C=O) groups excluding carboxylic acids is 1. The second-order valence-corrected chi connectivity index (χ2v) is 8.23. The molecular formula is C20H26Cl2N6O. The monoisotopic (exact) mass is 436 g/mol. The maximum Gasteiger partial charge on any atom is 0.317 e. The molecule has 1 atom stereocenters. The predicted octanol–water partition coefficient (Wildman–Crippen LogP) is 3.83. The van der Waals surface area contributed by atoms with Crippen molar-refractivity contribution in [2.45, 2.75) is 31.8 Å². The molecule has 1 aliphatic rings. The van der Waals surface area contributed by atoms with Crippen molar-refractivity contribution in [2.75, 3.05) is 32.9 Å². The Labute approximate surface area is 181 Å². The van der Waals surface area contributed by atoms with E-state index in [1.165, 1.54) is 6.20 Å². The topological polar surface area (TPSA) is 87.4 Å². The minimum absolute atomic E-state index is 0.120. The largest absolute Gasteiger partial charge is 0.382 e. The summed E-state index contributed by atoms with van der Waals surface area (Å²) in [4.78, 5) is 25.1. The van der Waals surface area contributed by atoms with Crippen LogP contribution < -0.4 is 11.1 Å². The Morgan fingerprint density at radius 1 is 1.28 bits per heavy atom. The minimum atomic E-state index is -0.304. The number of benzene rings is 1. The summed E-state index contributed by atoms with van der Waals surface area (Å²) >= 11 is 13.0. The molecule has 156 valence electrons. The number of halogens is 2. The lowest BCUT2D eigenvalue weighted by Gasteiger charge is -2.35. The van der Waals surface area contributed by atoms with Crippen LogP contribution in [0.15, 0.2) is 24.5 Å². The van der Waals surface area contributed by atoms with Gasteiger partial charge in [0, 0.05) is 18.7 Å². The van der Waals surface area contributed by atoms with Crippen molar-refractivity contribution in [3.8, 4) is 11.3 Å². The van der Waals surface area contributed by atoms with Crippen molar-refractivity contribution in [3.05, 3.63) is 40.1 Å². The van der Waals surface area contributed by atoms with Crippen molar-refractivity contribution in [1.82, 2.24) is 25.1 Å². The number of nitrogens with one attached hydrogen (secondary N) is 1. The Morgan fingerprint density at radius 2 is 1.97 bits per heavy atom. The quantitative estimate of drug-likeness (QED) is 0.759. The maximum absolute atomic E-state index is 12.7. The summed E-state index contributed by atoms with van der Waals surface area (Å²) in [6.07, 6.45) is 4.98. The second kappa shape index (κ2) is 9.15. The van der Waals surface area contributed by atoms with Crippen LogP contribution in [-0.2, 0) is 0 Å². The van der Waals surface area contributed by atoms with E-state index >= 15 is 0 Å². The molecule has 2 amide bonds. The Balaban J connectivity index is 1.73. The van der Waals surface area contributed by atoms with E-state index in [1.54, 1.807) is 11.1 Å². The maximum atomic E-state index is 12.7. The lowest BCUT2D eigenvalue weighted by molar-refractivity contribution is 0.146. The number of nitrogens with zero attached hydrogens (tertiary/aromatic N) is 4. The predicted molar refractivity (Wildman–Crippen MR) is 117 cm³/mol. The van der Waals surface area contributed by atoms with Gasteiger partial charge in [0.15, 0.2) is 0 Å². The number of urea groups is 1. The van der Waals surface area contributed by atoms with Gasteiger partial charge in [-0.1, -0.05) is 35.3 Å². The van der Waals surface area contributed by atoms with Crippen molar-refractivity contribution >= 4 is 35.1 Å². The van der Waals surface area contributed by atoms with Crippen LogP contribution >= 0.6 is 23.2 Å². The van der Waals surface area contributed by atoms with Gasteiger partial charge in [0.2, 0.25) is 0 Å². The molecule has 0 radical (unpaired) electrons. The number of nitrogens with two attached hydrogens (primary N) is 1. The number of likely N-dealkylation sites (tertiary alicyclic amines) is 1. The summed E-state index contributed by atoms with van der Waals surface area (Å²) in [5, 5.41) is 3.76. The molecule has 2 aromatic rings. The van der Waals surface area contributed by atoms with Gasteiger partial charge in [-0.3, -0.25) is 4.98 Å². The molecule has 7 nitrogen and oxygen atoms in total. The fourth-order valence-electron chi connectivity index (χ4n) is 3.52. The molecule has 0 aliphatic carbocycles. The van der Waals surface area contributed by atoms with E-state index < -0.39 is 0 Å². The van der Waals surface area contributed by atoms with Crippen molar-refractivity contribution in [3.63, 3.8) is 0 Å². The smallest absolute Gasteiger partial charge is 0.317 e. The van der Waals surface area contributed by atoms with Crippen LogP contribution in [0.2, 0.25) is 10.0 Å². The van der Waals surface area contributed by atoms with Crippen molar-refractivity contribution in [1.29, 1.82) is 0 Å². The van der Waals surface area contributed by atoms with Crippen LogP contribution in [0.1, 0.15) is 31.4 Å². The van der Waals surface area contributed by atoms with Gasteiger partial charge in [0.25, 0.3) is 0 Å². The SMILES string of the molecule is CC(NC(=O)N(C)C1CCN(C)CC1)c1ccc(-c2cncc(N)n2)c(Cl)c1Cl. The summed E-state index contributed by atoms with van der Waals surface area (Å²) < 4.78 is 0. The molecule has 29 heavy (non-hydrogen) atoms. The number of hydrogen-bond acceptors (Lipinski definition) is 5. The van der Waals surface area contributed by atoms with Crippen LogP contribution in [0.4, 0.5) is 10.6 Å². The molecule has 1 fully saturated rings. The summed E-state index contributed by atoms with van der Waals surface area (Å²) in [5.41, 5.74) is 7.63. The summed E-state index contributed by atoms with van der Waals surface area (Å²) in [7, 11) is 3.94. The van der Waals surface area contributed by atoms with Crippen LogP contribution in [0.5, 0.6) is 0 Å². The average molecular weight is 437 g/mol. The van der Waals surface area contributed by atoms with E-state index in [1.807, 2.05) is 26.1 Å². The van der Waals surface area contributed by atoms with Gasteiger partial charge < -0.3 is 20.9 Å². The van der Waals surface area contributed by atoms with E-state index in [-0.39, 0.29) is 18.1 Å². The van der Waals surface area contributed by atoms with Gasteiger partial charge in [-0.15, -0.1) is 0 Å². The summed E-state index contributed by atoms with van der Waals surface area (Å²) in [6, 6.07) is 3.47. The number of rotatable bonds is 4. The molecule has 1 unspecified atom stereocenters. The fourth-order valence-corrected chi connectivity index (χ4v) is 4.12. The number of amides is 2. The number of carbonyl (C=O) groups is 1. The average Bonchev–Trinajstić information content (AvgIpc) is 2.69. The molecule has 1 aromatic carbocycles. The van der Waals surface area contributed by atoms with Crippen LogP contribution in [-0.4, -0.2) is 59.0 Å². The Hall–Kier alpha value is -2.09. The molecule has 0 saturated carbocycles. The van der Waals surface area contributed by atoms with Crippen LogP contribution in [0, 0.1) is 0 Å². The standard InChI is InChI=1S/C20H26Cl2N6O/c1-12(25-20(29)28(3)13-6-8-27(2)9-7-13)14-4-5-15(19(22)18(14)21)16-10-24-11-17(23)26-16/h4-5,10-13H,6-9H2,1-3H3,(H2,23,26)(H,25,29). The normalized spacial score (nSPS) is 16.4. The first-order valence-corrected chi connectivity index (χ1v) is 10.3. The molecule has 1 saturated heterocycles. The van der Waals surface area contributed by atoms with E-state index in [9.17, 15) is 4.79 Å². The van der Waals surface area contributed by atoms with Crippen molar-refractivity contribution in [2.24, 2.45) is 0 Å². The zero-order chi connectivity index (χ0) is 21.1. The Morgan fingerprint density at radius 3 is 2.62 bits per heavy atom. The third-order valence-electron chi connectivity index (χ3n) is 5.40. The highest BCUT2D eigenvalue weighted by Gasteiger charge is 2.25. The molecule has 2 heterocycles. The van der Waals surface area contributed by atoms with Gasteiger partial charge in [-0.2, -0.15) is 0 Å². The summed E-state index contributed by atoms with van der Waals surface area (Å²) in [6.45, 7) is 3.87. The number of anilines is 1. The first-order valence-electron chi connectivity index (χ1n) is 9.55. The lowest BCUT2D eigenvalue weighted by atomic mass is 10.0. The first kappa shape index (κ1) is 21.6. The highest BCUT2D eigenvalue weighted by Crippen LogP contribution is 2.37. The van der Waals surface area contributed by atoms with Crippen molar-refractivity contribution < 1.29 is 4.79 Å². The fraction of sp³-hybridized carbons (Fsp3) is 0.450. The van der Waals surface area contributed by atoms with E-state index in [0.717, 1.165) is 31.5 Å². The minimum Gasteiger partial charge on any atom is -0.382 e. The molecule has 3 rings (SSSR count). The van der Waals surface area contributed by atoms with Crippen LogP contribution in [0.3, 0.4) is 0 Å². The summed E-state index contributed by atoms with van der Waals surface area (Å²) in [5.74, 6) is 0.302. The molecular weight excluding hydrogens is 411 g/mol. The Bertz CT molecular complexity index is 885. The van der Waals surface area contributed by atoms with Gasteiger partial charge in [0.1, 0.15) is 5.82 Å². The van der Waals surface area contributed by atoms with Gasteiger partial charge in [-0.25, -0.2) is 9.78 Å². The molecule has 0 bridgehead atoms. The van der Waals surface area contributed by atoms with E-state index in [0.29, 0.717) is 27.1 Å². The number of aromatic nitrogens is 2.